The molecule has 96 valence electrons. The van der Waals surface area contributed by atoms with E-state index in [9.17, 15) is 0 Å². The Morgan fingerprint density at radius 2 is 1.94 bits per heavy atom. The number of aromatic nitrogens is 2. The van der Waals surface area contributed by atoms with Crippen LogP contribution in [0.4, 0.5) is 5.82 Å². The van der Waals surface area contributed by atoms with Gasteiger partial charge in [-0.15, -0.1) is 0 Å². The number of nitrogens with zero attached hydrogens (tertiary/aromatic N) is 2. The fourth-order valence-electron chi connectivity index (χ4n) is 1.98. The Hall–Kier alpha value is -2.17. The topological polar surface area (TPSA) is 62.3 Å². The normalized spacial score (nSPS) is 10.4. The first-order valence-electron chi connectivity index (χ1n) is 5.59. The molecule has 0 radical (unpaired) electrons. The molecule has 0 amide bonds. The van der Waals surface area contributed by atoms with E-state index in [0.717, 1.165) is 22.4 Å². The first-order valence-corrected chi connectivity index (χ1v) is 5.59. The third-order valence-electron chi connectivity index (χ3n) is 2.96. The zero-order chi connectivity index (χ0) is 13.3. The van der Waals surface area contributed by atoms with Gasteiger partial charge in [-0.05, 0) is 30.2 Å². The quantitative estimate of drug-likeness (QED) is 0.901. The van der Waals surface area contributed by atoms with Crippen molar-refractivity contribution in [3.8, 4) is 22.6 Å². The first-order chi connectivity index (χ1) is 8.58. The predicted molar refractivity (Wildman–Crippen MR) is 70.9 cm³/mol. The Balaban J connectivity index is 2.59. The standard InChI is InChI=1S/C13H17N3O2/c1-8-5-9(6-11(17-3)12(8)18-4)10-7-15-16(2)13(10)14/h5-7H,14H2,1-4H3. The number of methoxy groups -OCH3 is 2. The van der Waals surface area contributed by atoms with Gasteiger partial charge in [0.15, 0.2) is 11.5 Å². The molecule has 0 aliphatic carbocycles. The Kier molecular flexibility index (Phi) is 3.14. The second-order valence-corrected chi connectivity index (χ2v) is 4.10. The summed E-state index contributed by atoms with van der Waals surface area (Å²) in [5.41, 5.74) is 8.83. The minimum Gasteiger partial charge on any atom is -0.493 e. The number of hydrogen-bond acceptors (Lipinski definition) is 4. The largest absolute Gasteiger partial charge is 0.493 e. The monoisotopic (exact) mass is 247 g/mol. The molecule has 18 heavy (non-hydrogen) atoms. The maximum absolute atomic E-state index is 5.98. The van der Waals surface area contributed by atoms with Crippen LogP contribution in [0.25, 0.3) is 11.1 Å². The fourth-order valence-corrected chi connectivity index (χ4v) is 1.98. The molecular formula is C13H17N3O2. The van der Waals surface area contributed by atoms with E-state index in [1.54, 1.807) is 25.1 Å². The Labute approximate surface area is 106 Å². The number of ether oxygens (including phenoxy) is 2. The Bertz CT molecular complexity index is 576. The van der Waals surface area contributed by atoms with Gasteiger partial charge in [0.25, 0.3) is 0 Å². The number of hydrogen-bond donors (Lipinski definition) is 1. The van der Waals surface area contributed by atoms with Crippen molar-refractivity contribution >= 4 is 5.82 Å². The summed E-state index contributed by atoms with van der Waals surface area (Å²) in [6.45, 7) is 1.97. The number of rotatable bonds is 3. The van der Waals surface area contributed by atoms with Gasteiger partial charge < -0.3 is 15.2 Å². The van der Waals surface area contributed by atoms with Crippen molar-refractivity contribution in [1.82, 2.24) is 9.78 Å². The zero-order valence-corrected chi connectivity index (χ0v) is 11.0. The van der Waals surface area contributed by atoms with Gasteiger partial charge >= 0.3 is 0 Å². The fraction of sp³-hybridized carbons (Fsp3) is 0.308. The summed E-state index contributed by atoms with van der Waals surface area (Å²) in [4.78, 5) is 0. The zero-order valence-electron chi connectivity index (χ0n) is 11.0. The average Bonchev–Trinajstić information content (AvgIpc) is 2.69. The second kappa shape index (κ2) is 4.60. The van der Waals surface area contributed by atoms with E-state index >= 15 is 0 Å². The van der Waals surface area contributed by atoms with E-state index in [2.05, 4.69) is 5.10 Å². The van der Waals surface area contributed by atoms with E-state index in [1.807, 2.05) is 26.1 Å². The lowest BCUT2D eigenvalue weighted by Crippen LogP contribution is -1.99. The van der Waals surface area contributed by atoms with Gasteiger partial charge in [-0.2, -0.15) is 5.10 Å². The third kappa shape index (κ3) is 1.88. The van der Waals surface area contributed by atoms with Crippen LogP contribution in [-0.4, -0.2) is 24.0 Å². The summed E-state index contributed by atoms with van der Waals surface area (Å²) in [5, 5.41) is 4.14. The molecule has 5 heteroatoms. The lowest BCUT2D eigenvalue weighted by Gasteiger charge is -2.12. The van der Waals surface area contributed by atoms with Crippen molar-refractivity contribution in [1.29, 1.82) is 0 Å². The van der Waals surface area contributed by atoms with Gasteiger partial charge in [0.1, 0.15) is 5.82 Å². The summed E-state index contributed by atoms with van der Waals surface area (Å²) in [6, 6.07) is 3.91. The number of anilines is 1. The van der Waals surface area contributed by atoms with E-state index in [1.165, 1.54) is 0 Å². The van der Waals surface area contributed by atoms with Gasteiger partial charge in [0.05, 0.1) is 20.4 Å². The molecule has 2 N–H and O–H groups in total. The predicted octanol–water partition coefficient (Wildman–Crippen LogP) is 1.99. The molecule has 0 bridgehead atoms. The van der Waals surface area contributed by atoms with Crippen LogP contribution in [0.5, 0.6) is 11.5 Å². The van der Waals surface area contributed by atoms with E-state index < -0.39 is 0 Å². The molecule has 0 saturated carbocycles. The van der Waals surface area contributed by atoms with Gasteiger partial charge in [-0.3, -0.25) is 4.68 Å². The molecule has 1 aromatic heterocycles. The average molecular weight is 247 g/mol. The van der Waals surface area contributed by atoms with E-state index in [0.29, 0.717) is 11.6 Å². The molecule has 0 unspecified atom stereocenters. The first kappa shape index (κ1) is 12.3. The van der Waals surface area contributed by atoms with Crippen molar-refractivity contribution in [2.45, 2.75) is 6.92 Å². The SMILES string of the molecule is COc1cc(-c2cnn(C)c2N)cc(C)c1OC. The highest BCUT2D eigenvalue weighted by Crippen LogP contribution is 2.37. The maximum Gasteiger partial charge on any atom is 0.163 e. The van der Waals surface area contributed by atoms with Crippen molar-refractivity contribution in [3.63, 3.8) is 0 Å². The highest BCUT2D eigenvalue weighted by atomic mass is 16.5. The molecular weight excluding hydrogens is 230 g/mol. The van der Waals surface area contributed by atoms with Crippen LogP contribution >= 0.6 is 0 Å². The summed E-state index contributed by atoms with van der Waals surface area (Å²) in [6.07, 6.45) is 1.75. The van der Waals surface area contributed by atoms with Crippen molar-refractivity contribution in [2.24, 2.45) is 7.05 Å². The molecule has 5 nitrogen and oxygen atoms in total. The Morgan fingerprint density at radius 1 is 1.22 bits per heavy atom. The molecule has 0 aliphatic heterocycles. The van der Waals surface area contributed by atoms with E-state index in [-0.39, 0.29) is 0 Å². The molecule has 1 heterocycles. The minimum atomic E-state index is 0.626. The van der Waals surface area contributed by atoms with Gasteiger partial charge in [0.2, 0.25) is 0 Å². The molecule has 2 rings (SSSR count). The lowest BCUT2D eigenvalue weighted by molar-refractivity contribution is 0.353. The summed E-state index contributed by atoms with van der Waals surface area (Å²) < 4.78 is 12.3. The highest BCUT2D eigenvalue weighted by molar-refractivity contribution is 5.76. The third-order valence-corrected chi connectivity index (χ3v) is 2.96. The molecule has 0 atom stereocenters. The molecule has 2 aromatic rings. The number of nitrogen functional groups attached to an aromatic ring is 1. The van der Waals surface area contributed by atoms with Crippen molar-refractivity contribution in [2.75, 3.05) is 20.0 Å². The van der Waals surface area contributed by atoms with Crippen LogP contribution in [0.3, 0.4) is 0 Å². The van der Waals surface area contributed by atoms with E-state index in [4.69, 9.17) is 15.2 Å². The molecule has 0 spiro atoms. The van der Waals surface area contributed by atoms with Crippen molar-refractivity contribution in [3.05, 3.63) is 23.9 Å². The van der Waals surface area contributed by atoms with Crippen LogP contribution in [0, 0.1) is 6.92 Å². The van der Waals surface area contributed by atoms with Crippen LogP contribution in [0.15, 0.2) is 18.3 Å². The number of aryl methyl sites for hydroxylation is 2. The number of benzene rings is 1. The summed E-state index contributed by atoms with van der Waals surface area (Å²) in [5.74, 6) is 2.06. The summed E-state index contributed by atoms with van der Waals surface area (Å²) in [7, 11) is 5.06. The van der Waals surface area contributed by atoms with Crippen LogP contribution in [0.2, 0.25) is 0 Å². The van der Waals surface area contributed by atoms with Crippen LogP contribution in [0.1, 0.15) is 5.56 Å². The molecule has 0 fully saturated rings. The van der Waals surface area contributed by atoms with Gasteiger partial charge in [-0.1, -0.05) is 0 Å². The molecule has 0 aliphatic rings. The Morgan fingerprint density at radius 3 is 2.44 bits per heavy atom. The minimum absolute atomic E-state index is 0.626. The maximum atomic E-state index is 5.98. The highest BCUT2D eigenvalue weighted by Gasteiger charge is 2.13. The second-order valence-electron chi connectivity index (χ2n) is 4.10. The lowest BCUT2D eigenvalue weighted by atomic mass is 10.0. The number of nitrogens with two attached hydrogens (primary N) is 1. The van der Waals surface area contributed by atoms with Crippen LogP contribution < -0.4 is 15.2 Å². The van der Waals surface area contributed by atoms with Crippen LogP contribution in [-0.2, 0) is 7.05 Å². The van der Waals surface area contributed by atoms with Crippen molar-refractivity contribution < 1.29 is 9.47 Å². The van der Waals surface area contributed by atoms with Gasteiger partial charge in [-0.25, -0.2) is 0 Å². The molecule has 0 saturated heterocycles. The molecule has 1 aromatic carbocycles. The summed E-state index contributed by atoms with van der Waals surface area (Å²) >= 11 is 0. The smallest absolute Gasteiger partial charge is 0.163 e. The van der Waals surface area contributed by atoms with Gasteiger partial charge in [0, 0.05) is 12.6 Å².